The van der Waals surface area contributed by atoms with Gasteiger partial charge in [-0.15, -0.1) is 0 Å². The number of hydrogen-bond acceptors (Lipinski definition) is 5. The zero-order valence-corrected chi connectivity index (χ0v) is 16.8. The molecule has 1 aromatic carbocycles. The van der Waals surface area contributed by atoms with Crippen LogP contribution in [0.4, 0.5) is 0 Å². The molecule has 1 aromatic rings. The lowest BCUT2D eigenvalue weighted by Crippen LogP contribution is -2.54. The van der Waals surface area contributed by atoms with Gasteiger partial charge in [-0.3, -0.25) is 9.69 Å². The van der Waals surface area contributed by atoms with Crippen molar-refractivity contribution in [1.82, 2.24) is 9.80 Å². The number of carboxylic acid groups (broad SMARTS) is 2. The summed E-state index contributed by atoms with van der Waals surface area (Å²) in [6.45, 7) is 6.21. The maximum absolute atomic E-state index is 12.3. The fourth-order valence-electron chi connectivity index (χ4n) is 3.90. The van der Waals surface area contributed by atoms with Crippen molar-refractivity contribution >= 4 is 17.8 Å². The third kappa shape index (κ3) is 7.38. The van der Waals surface area contributed by atoms with E-state index in [-0.39, 0.29) is 12.5 Å². The summed E-state index contributed by atoms with van der Waals surface area (Å²) in [4.78, 5) is 35.1. The molecule has 1 saturated carbocycles. The molecule has 8 nitrogen and oxygen atoms in total. The number of piperazine rings is 1. The minimum Gasteiger partial charge on any atom is -0.484 e. The second-order valence-electron chi connectivity index (χ2n) is 7.46. The standard InChI is InChI=1S/C19H28N2O2.C2H2O4/c1-16-7-5-6-10-18(16)20-11-13-21(14-12-20)19(22)15-23-17-8-3-2-4-9-17;3-1(4)2(5)6/h2-4,8-9,16,18H,5-7,10-15H2,1H3;(H,3,4)(H,5,6). The first kappa shape index (κ1) is 22.7. The number of hydrogen-bond donors (Lipinski definition) is 2. The Labute approximate surface area is 171 Å². The number of aliphatic carboxylic acids is 2. The smallest absolute Gasteiger partial charge is 0.414 e. The van der Waals surface area contributed by atoms with Crippen LogP contribution in [-0.2, 0) is 14.4 Å². The Kier molecular flexibility index (Phi) is 8.92. The van der Waals surface area contributed by atoms with Crippen LogP contribution in [0.15, 0.2) is 30.3 Å². The molecule has 2 N–H and O–H groups in total. The minimum atomic E-state index is -1.82. The van der Waals surface area contributed by atoms with Crippen molar-refractivity contribution in [2.45, 2.75) is 38.6 Å². The summed E-state index contributed by atoms with van der Waals surface area (Å²) in [7, 11) is 0. The third-order valence-electron chi connectivity index (χ3n) is 5.49. The van der Waals surface area contributed by atoms with Crippen molar-refractivity contribution in [3.8, 4) is 5.75 Å². The van der Waals surface area contributed by atoms with Gasteiger partial charge < -0.3 is 19.8 Å². The van der Waals surface area contributed by atoms with Gasteiger partial charge in [-0.25, -0.2) is 9.59 Å². The SMILES string of the molecule is CC1CCCCC1N1CCN(C(=O)COc2ccccc2)CC1.O=C(O)C(=O)O. The van der Waals surface area contributed by atoms with Crippen LogP contribution >= 0.6 is 0 Å². The minimum absolute atomic E-state index is 0.102. The summed E-state index contributed by atoms with van der Waals surface area (Å²) in [5, 5.41) is 14.8. The molecular formula is C21H30N2O6. The highest BCUT2D eigenvalue weighted by atomic mass is 16.5. The van der Waals surface area contributed by atoms with E-state index < -0.39 is 11.9 Å². The summed E-state index contributed by atoms with van der Waals surface area (Å²) >= 11 is 0. The Balaban J connectivity index is 0.000000438. The number of para-hydroxylation sites is 1. The highest BCUT2D eigenvalue weighted by Gasteiger charge is 2.30. The van der Waals surface area contributed by atoms with E-state index in [9.17, 15) is 4.79 Å². The fraction of sp³-hybridized carbons (Fsp3) is 0.571. The van der Waals surface area contributed by atoms with Crippen molar-refractivity contribution in [3.63, 3.8) is 0 Å². The van der Waals surface area contributed by atoms with Gasteiger partial charge in [0.2, 0.25) is 0 Å². The van der Waals surface area contributed by atoms with E-state index in [4.69, 9.17) is 24.5 Å². The van der Waals surface area contributed by atoms with Crippen molar-refractivity contribution in [3.05, 3.63) is 30.3 Å². The van der Waals surface area contributed by atoms with E-state index in [0.717, 1.165) is 43.9 Å². The van der Waals surface area contributed by atoms with Gasteiger partial charge in [0.1, 0.15) is 5.75 Å². The van der Waals surface area contributed by atoms with E-state index in [0.29, 0.717) is 0 Å². The average molecular weight is 406 g/mol. The second-order valence-corrected chi connectivity index (χ2v) is 7.46. The number of carbonyl (C=O) groups excluding carboxylic acids is 1. The van der Waals surface area contributed by atoms with Gasteiger partial charge in [-0.05, 0) is 30.9 Å². The molecule has 2 aliphatic rings. The fourth-order valence-corrected chi connectivity index (χ4v) is 3.90. The summed E-state index contributed by atoms with van der Waals surface area (Å²) in [6, 6.07) is 10.3. The molecule has 0 bridgehead atoms. The number of rotatable bonds is 4. The van der Waals surface area contributed by atoms with Gasteiger partial charge in [0.05, 0.1) is 0 Å². The van der Waals surface area contributed by atoms with Gasteiger partial charge >= 0.3 is 11.9 Å². The summed E-state index contributed by atoms with van der Waals surface area (Å²) in [5.41, 5.74) is 0. The van der Waals surface area contributed by atoms with Crippen molar-refractivity contribution in [2.24, 2.45) is 5.92 Å². The molecule has 0 spiro atoms. The summed E-state index contributed by atoms with van der Waals surface area (Å²) in [5.74, 6) is -1.99. The van der Waals surface area contributed by atoms with E-state index >= 15 is 0 Å². The molecule has 8 heteroatoms. The Morgan fingerprint density at radius 2 is 1.55 bits per heavy atom. The molecule has 0 aromatic heterocycles. The third-order valence-corrected chi connectivity index (χ3v) is 5.49. The highest BCUT2D eigenvalue weighted by Crippen LogP contribution is 2.28. The molecule has 3 rings (SSSR count). The van der Waals surface area contributed by atoms with Crippen LogP contribution in [0.5, 0.6) is 5.75 Å². The largest absolute Gasteiger partial charge is 0.484 e. The molecule has 2 atom stereocenters. The van der Waals surface area contributed by atoms with Crippen molar-refractivity contribution in [2.75, 3.05) is 32.8 Å². The molecule has 1 saturated heterocycles. The molecule has 1 amide bonds. The van der Waals surface area contributed by atoms with Gasteiger partial charge in [-0.2, -0.15) is 0 Å². The van der Waals surface area contributed by atoms with Gasteiger partial charge in [-0.1, -0.05) is 38.0 Å². The van der Waals surface area contributed by atoms with E-state index in [1.54, 1.807) is 0 Å². The number of ether oxygens (including phenoxy) is 1. The molecule has 2 unspecified atom stereocenters. The molecule has 2 fully saturated rings. The first-order valence-corrected chi connectivity index (χ1v) is 10.0. The van der Waals surface area contributed by atoms with Crippen LogP contribution in [0.3, 0.4) is 0 Å². The van der Waals surface area contributed by atoms with Crippen LogP contribution < -0.4 is 4.74 Å². The number of carbonyl (C=O) groups is 3. The first-order valence-electron chi connectivity index (χ1n) is 10.0. The molecule has 1 heterocycles. The Hall–Kier alpha value is -2.61. The molecule has 29 heavy (non-hydrogen) atoms. The molecule has 0 radical (unpaired) electrons. The maximum Gasteiger partial charge on any atom is 0.414 e. The zero-order valence-electron chi connectivity index (χ0n) is 16.8. The summed E-state index contributed by atoms with van der Waals surface area (Å²) in [6.07, 6.45) is 5.42. The maximum atomic E-state index is 12.3. The van der Waals surface area contributed by atoms with Crippen LogP contribution in [0.25, 0.3) is 0 Å². The van der Waals surface area contributed by atoms with Crippen LogP contribution in [0, 0.1) is 5.92 Å². The Morgan fingerprint density at radius 1 is 0.966 bits per heavy atom. The van der Waals surface area contributed by atoms with E-state index in [1.807, 2.05) is 35.2 Å². The van der Waals surface area contributed by atoms with Crippen LogP contribution in [0.2, 0.25) is 0 Å². The van der Waals surface area contributed by atoms with Gasteiger partial charge in [0.15, 0.2) is 6.61 Å². The second kappa shape index (κ2) is 11.4. The van der Waals surface area contributed by atoms with Crippen LogP contribution in [0.1, 0.15) is 32.6 Å². The summed E-state index contributed by atoms with van der Waals surface area (Å²) < 4.78 is 5.58. The van der Waals surface area contributed by atoms with Crippen LogP contribution in [-0.4, -0.2) is 76.7 Å². The molecule has 1 aliphatic carbocycles. The topological polar surface area (TPSA) is 107 Å². The predicted molar refractivity (Wildman–Crippen MR) is 107 cm³/mol. The van der Waals surface area contributed by atoms with Gasteiger partial charge in [0, 0.05) is 32.2 Å². The average Bonchev–Trinajstić information content (AvgIpc) is 2.73. The zero-order chi connectivity index (χ0) is 21.2. The normalized spacial score (nSPS) is 22.2. The first-order chi connectivity index (χ1) is 13.9. The highest BCUT2D eigenvalue weighted by molar-refractivity contribution is 6.27. The quantitative estimate of drug-likeness (QED) is 0.736. The lowest BCUT2D eigenvalue weighted by molar-refractivity contribution is -0.159. The molecule has 1 aliphatic heterocycles. The van der Waals surface area contributed by atoms with E-state index in [1.165, 1.54) is 25.7 Å². The lowest BCUT2D eigenvalue weighted by Gasteiger charge is -2.43. The Bertz CT molecular complexity index is 661. The monoisotopic (exact) mass is 406 g/mol. The number of nitrogens with zero attached hydrogens (tertiary/aromatic N) is 2. The van der Waals surface area contributed by atoms with E-state index in [2.05, 4.69) is 11.8 Å². The number of amides is 1. The molecular weight excluding hydrogens is 376 g/mol. The van der Waals surface area contributed by atoms with Gasteiger partial charge in [0.25, 0.3) is 5.91 Å². The lowest BCUT2D eigenvalue weighted by atomic mass is 9.84. The molecule has 160 valence electrons. The Morgan fingerprint density at radius 3 is 2.10 bits per heavy atom. The predicted octanol–water partition coefficient (Wildman–Crippen LogP) is 1.94. The van der Waals surface area contributed by atoms with Crippen molar-refractivity contribution in [1.29, 1.82) is 0 Å². The number of carboxylic acids is 2. The van der Waals surface area contributed by atoms with Crippen molar-refractivity contribution < 1.29 is 29.3 Å². The number of benzene rings is 1.